The molecule has 0 spiro atoms. The molecule has 1 aromatic carbocycles. The van der Waals surface area contributed by atoms with Crippen molar-refractivity contribution in [1.29, 1.82) is 0 Å². The van der Waals surface area contributed by atoms with E-state index in [0.717, 1.165) is 10.6 Å². The van der Waals surface area contributed by atoms with Crippen LogP contribution in [-0.2, 0) is 19.6 Å². The van der Waals surface area contributed by atoms with Crippen molar-refractivity contribution >= 4 is 50.3 Å². The number of carbonyl (C=O) groups is 2. The van der Waals surface area contributed by atoms with Gasteiger partial charge in [0.05, 0.1) is 10.9 Å². The SMILES string of the molecule is O=C1Nc2ccccc2SC1CC(=O)N1CCN(S(=O)(=O)c2c[nH]c3ncccc23)CC1. The number of sulfonamides is 1. The number of nitrogens with one attached hydrogen (secondary N) is 2. The second-order valence-corrected chi connectivity index (χ2v) is 10.8. The summed E-state index contributed by atoms with van der Waals surface area (Å²) in [4.78, 5) is 35.0. The first-order valence-corrected chi connectivity index (χ1v) is 12.5. The third-order valence-electron chi connectivity index (χ3n) is 5.69. The molecule has 2 N–H and O–H groups in total. The van der Waals surface area contributed by atoms with E-state index in [1.165, 1.54) is 22.3 Å². The third-order valence-corrected chi connectivity index (χ3v) is 8.90. The Hall–Kier alpha value is -2.89. The molecule has 1 unspecified atom stereocenters. The molecule has 1 atom stereocenters. The summed E-state index contributed by atoms with van der Waals surface area (Å²) < 4.78 is 27.7. The van der Waals surface area contributed by atoms with Gasteiger partial charge in [-0.3, -0.25) is 9.59 Å². The molecule has 32 heavy (non-hydrogen) atoms. The van der Waals surface area contributed by atoms with E-state index in [-0.39, 0.29) is 49.3 Å². The van der Waals surface area contributed by atoms with Gasteiger partial charge in [0.25, 0.3) is 0 Å². The number of pyridine rings is 1. The number of aromatic amines is 1. The first-order valence-electron chi connectivity index (χ1n) is 10.2. The van der Waals surface area contributed by atoms with E-state index < -0.39 is 15.3 Å². The van der Waals surface area contributed by atoms with Crippen molar-refractivity contribution in [3.05, 3.63) is 48.8 Å². The van der Waals surface area contributed by atoms with Crippen LogP contribution in [0.25, 0.3) is 11.0 Å². The van der Waals surface area contributed by atoms with Gasteiger partial charge in [0.15, 0.2) is 0 Å². The summed E-state index contributed by atoms with van der Waals surface area (Å²) in [7, 11) is -3.71. The molecule has 2 aliphatic heterocycles. The molecule has 1 saturated heterocycles. The summed E-state index contributed by atoms with van der Waals surface area (Å²) in [6.07, 6.45) is 3.13. The Morgan fingerprint density at radius 2 is 1.91 bits per heavy atom. The maximum absolute atomic E-state index is 13.1. The minimum absolute atomic E-state index is 0.0751. The summed E-state index contributed by atoms with van der Waals surface area (Å²) in [5.41, 5.74) is 1.28. The van der Waals surface area contributed by atoms with E-state index in [0.29, 0.717) is 11.0 Å². The number of amides is 2. The molecular formula is C21H21N5O4S2. The summed E-state index contributed by atoms with van der Waals surface area (Å²) in [5, 5.41) is 2.90. The van der Waals surface area contributed by atoms with Crippen molar-refractivity contribution in [2.45, 2.75) is 21.5 Å². The Morgan fingerprint density at radius 1 is 1.12 bits per heavy atom. The van der Waals surface area contributed by atoms with Gasteiger partial charge in [-0.1, -0.05) is 12.1 Å². The van der Waals surface area contributed by atoms with Crippen LogP contribution in [-0.4, -0.2) is 70.8 Å². The number of carbonyl (C=O) groups excluding carboxylic acids is 2. The number of nitrogens with zero attached hydrogens (tertiary/aromatic N) is 3. The molecule has 1 fully saturated rings. The van der Waals surface area contributed by atoms with Gasteiger partial charge in [-0.25, -0.2) is 13.4 Å². The third kappa shape index (κ3) is 3.76. The summed E-state index contributed by atoms with van der Waals surface area (Å²) in [6.45, 7) is 0.976. The van der Waals surface area contributed by atoms with E-state index in [1.54, 1.807) is 23.2 Å². The molecule has 9 nitrogen and oxygen atoms in total. The number of H-pyrrole nitrogens is 1. The normalized spacial score (nSPS) is 19.6. The Bertz CT molecular complexity index is 1300. The monoisotopic (exact) mass is 471 g/mol. The largest absolute Gasteiger partial charge is 0.345 e. The van der Waals surface area contributed by atoms with Crippen molar-refractivity contribution in [3.8, 4) is 0 Å². The van der Waals surface area contributed by atoms with Gasteiger partial charge in [-0.2, -0.15) is 4.31 Å². The van der Waals surface area contributed by atoms with Crippen molar-refractivity contribution in [2.75, 3.05) is 31.5 Å². The lowest BCUT2D eigenvalue weighted by molar-refractivity contribution is -0.133. The maximum atomic E-state index is 13.1. The number of thioether (sulfide) groups is 1. The second-order valence-electron chi connectivity index (χ2n) is 7.63. The predicted octanol–water partition coefficient (Wildman–Crippen LogP) is 1.90. The zero-order valence-electron chi connectivity index (χ0n) is 17.0. The van der Waals surface area contributed by atoms with Crippen LogP contribution in [0.5, 0.6) is 0 Å². The fraction of sp³-hybridized carbons (Fsp3) is 0.286. The van der Waals surface area contributed by atoms with Crippen molar-refractivity contribution < 1.29 is 18.0 Å². The first-order chi connectivity index (χ1) is 15.4. The highest BCUT2D eigenvalue weighted by Crippen LogP contribution is 2.37. The van der Waals surface area contributed by atoms with Crippen LogP contribution in [0.3, 0.4) is 0 Å². The van der Waals surface area contributed by atoms with E-state index in [4.69, 9.17) is 0 Å². The number of para-hydroxylation sites is 1. The van der Waals surface area contributed by atoms with Crippen LogP contribution in [0.15, 0.2) is 58.6 Å². The Morgan fingerprint density at radius 3 is 2.72 bits per heavy atom. The lowest BCUT2D eigenvalue weighted by Crippen LogP contribution is -2.51. The standard InChI is InChI=1S/C21H21N5O4S2/c27-19(12-17-21(28)24-15-5-1-2-6-16(15)31-17)25-8-10-26(11-9-25)32(29,30)18-13-23-20-14(18)4-3-7-22-20/h1-7,13,17H,8-12H2,(H,22,23)(H,24,28). The fourth-order valence-corrected chi connectivity index (χ4v) is 6.65. The molecule has 2 aliphatic rings. The van der Waals surface area contributed by atoms with Gasteiger partial charge in [0, 0.05) is 55.3 Å². The minimum Gasteiger partial charge on any atom is -0.345 e. The molecule has 0 radical (unpaired) electrons. The first kappa shape index (κ1) is 21.0. The zero-order chi connectivity index (χ0) is 22.3. The molecule has 2 amide bonds. The predicted molar refractivity (Wildman–Crippen MR) is 121 cm³/mol. The van der Waals surface area contributed by atoms with Crippen LogP contribution in [0, 0.1) is 0 Å². The Balaban J connectivity index is 1.23. The highest BCUT2D eigenvalue weighted by molar-refractivity contribution is 8.01. The van der Waals surface area contributed by atoms with Gasteiger partial charge in [-0.05, 0) is 24.3 Å². The van der Waals surface area contributed by atoms with Crippen LogP contribution in [0.2, 0.25) is 0 Å². The van der Waals surface area contributed by atoms with Gasteiger partial charge in [0.2, 0.25) is 21.8 Å². The fourth-order valence-electron chi connectivity index (χ4n) is 3.98. The molecule has 2 aromatic heterocycles. The van der Waals surface area contributed by atoms with Crippen LogP contribution >= 0.6 is 11.8 Å². The molecule has 5 rings (SSSR count). The Kier molecular flexibility index (Phi) is 5.39. The lowest BCUT2D eigenvalue weighted by Gasteiger charge is -2.34. The van der Waals surface area contributed by atoms with Crippen LogP contribution in [0.1, 0.15) is 6.42 Å². The van der Waals surface area contributed by atoms with Gasteiger partial charge >= 0.3 is 0 Å². The molecule has 0 saturated carbocycles. The van der Waals surface area contributed by atoms with E-state index in [9.17, 15) is 18.0 Å². The molecule has 11 heteroatoms. The number of hydrogen-bond acceptors (Lipinski definition) is 6. The highest BCUT2D eigenvalue weighted by atomic mass is 32.2. The molecule has 0 aliphatic carbocycles. The smallest absolute Gasteiger partial charge is 0.245 e. The van der Waals surface area contributed by atoms with Gasteiger partial charge < -0.3 is 15.2 Å². The zero-order valence-corrected chi connectivity index (χ0v) is 18.7. The van der Waals surface area contributed by atoms with Gasteiger partial charge in [-0.15, -0.1) is 11.8 Å². The van der Waals surface area contributed by atoms with E-state index in [1.807, 2.05) is 24.3 Å². The highest BCUT2D eigenvalue weighted by Gasteiger charge is 2.34. The molecule has 3 aromatic rings. The van der Waals surface area contributed by atoms with Crippen LogP contribution in [0.4, 0.5) is 5.69 Å². The minimum atomic E-state index is -3.71. The van der Waals surface area contributed by atoms with Gasteiger partial charge in [0.1, 0.15) is 10.5 Å². The van der Waals surface area contributed by atoms with Crippen molar-refractivity contribution in [1.82, 2.24) is 19.2 Å². The summed E-state index contributed by atoms with van der Waals surface area (Å²) >= 11 is 1.39. The number of aromatic nitrogens is 2. The quantitative estimate of drug-likeness (QED) is 0.601. The lowest BCUT2D eigenvalue weighted by atomic mass is 10.2. The molecule has 4 heterocycles. The molecular weight excluding hydrogens is 450 g/mol. The number of rotatable bonds is 4. The number of piperazine rings is 1. The second kappa shape index (κ2) is 8.23. The van der Waals surface area contributed by atoms with Crippen molar-refractivity contribution in [3.63, 3.8) is 0 Å². The average molecular weight is 472 g/mol. The number of hydrogen-bond donors (Lipinski definition) is 2. The van der Waals surface area contributed by atoms with Crippen molar-refractivity contribution in [2.24, 2.45) is 0 Å². The van der Waals surface area contributed by atoms with E-state index >= 15 is 0 Å². The maximum Gasteiger partial charge on any atom is 0.245 e. The topological polar surface area (TPSA) is 115 Å². The van der Waals surface area contributed by atoms with Crippen LogP contribution < -0.4 is 5.32 Å². The molecule has 166 valence electrons. The Labute approximate surface area is 189 Å². The average Bonchev–Trinajstić information content (AvgIpc) is 3.25. The van der Waals surface area contributed by atoms with E-state index in [2.05, 4.69) is 15.3 Å². The number of benzene rings is 1. The summed E-state index contributed by atoms with van der Waals surface area (Å²) in [5.74, 6) is -0.332. The number of anilines is 1. The summed E-state index contributed by atoms with van der Waals surface area (Å²) in [6, 6.07) is 10.9. The molecule has 0 bridgehead atoms. The number of fused-ring (bicyclic) bond motifs is 2.